The topological polar surface area (TPSA) is 106 Å². The summed E-state index contributed by atoms with van der Waals surface area (Å²) >= 11 is 0. The highest BCUT2D eigenvalue weighted by Gasteiger charge is 2.22. The quantitative estimate of drug-likeness (QED) is 0.529. The van der Waals surface area contributed by atoms with E-state index in [0.717, 1.165) is 11.1 Å². The SMILES string of the molecule is COc1ccc(C)cc1S(=O)(=O)Oc1cccc(OCCc2ccc(C#N)c(O)c2)c1. The highest BCUT2D eigenvalue weighted by atomic mass is 32.2. The minimum Gasteiger partial charge on any atom is -0.507 e. The molecule has 0 amide bonds. The molecule has 0 aliphatic heterocycles. The zero-order valence-electron chi connectivity index (χ0n) is 17.0. The molecule has 7 nitrogen and oxygen atoms in total. The molecular weight excluding hydrogens is 418 g/mol. The van der Waals surface area contributed by atoms with Crippen LogP contribution in [0.3, 0.4) is 0 Å². The highest BCUT2D eigenvalue weighted by Crippen LogP contribution is 2.29. The molecule has 0 saturated carbocycles. The van der Waals surface area contributed by atoms with Crippen molar-refractivity contribution in [2.24, 2.45) is 0 Å². The van der Waals surface area contributed by atoms with Crippen LogP contribution in [0.25, 0.3) is 0 Å². The molecule has 0 spiro atoms. The summed E-state index contributed by atoms with van der Waals surface area (Å²) in [7, 11) is -2.71. The van der Waals surface area contributed by atoms with Crippen LogP contribution in [0.1, 0.15) is 16.7 Å². The van der Waals surface area contributed by atoms with Gasteiger partial charge in [-0.3, -0.25) is 0 Å². The van der Waals surface area contributed by atoms with Gasteiger partial charge in [0, 0.05) is 12.5 Å². The first kappa shape index (κ1) is 22.0. The molecule has 0 saturated heterocycles. The minimum absolute atomic E-state index is 0.0538. The summed E-state index contributed by atoms with van der Waals surface area (Å²) in [6.45, 7) is 2.06. The van der Waals surface area contributed by atoms with E-state index in [1.54, 1.807) is 43.3 Å². The second-order valence-electron chi connectivity index (χ2n) is 6.73. The Morgan fingerprint density at radius 1 is 1.03 bits per heavy atom. The Balaban J connectivity index is 1.68. The third-order valence-corrected chi connectivity index (χ3v) is 5.71. The summed E-state index contributed by atoms with van der Waals surface area (Å²) in [5.74, 6) is 0.662. The molecule has 8 heteroatoms. The van der Waals surface area contributed by atoms with Crippen LogP contribution in [-0.2, 0) is 16.5 Å². The van der Waals surface area contributed by atoms with E-state index in [1.165, 1.54) is 31.4 Å². The average molecular weight is 439 g/mol. The van der Waals surface area contributed by atoms with Crippen LogP contribution in [0.5, 0.6) is 23.0 Å². The van der Waals surface area contributed by atoms with Crippen molar-refractivity contribution in [1.82, 2.24) is 0 Å². The van der Waals surface area contributed by atoms with E-state index in [4.69, 9.17) is 18.9 Å². The van der Waals surface area contributed by atoms with Gasteiger partial charge in [0.1, 0.15) is 34.0 Å². The average Bonchev–Trinajstić information content (AvgIpc) is 2.74. The molecule has 1 N–H and O–H groups in total. The largest absolute Gasteiger partial charge is 0.507 e. The standard InChI is InChI=1S/C23H21NO6S/c1-16-6-9-22(28-2)23(12-16)31(26,27)30-20-5-3-4-19(14-20)29-11-10-17-7-8-18(15-24)21(25)13-17/h3-9,12-14,25H,10-11H2,1-2H3. The lowest BCUT2D eigenvalue weighted by atomic mass is 10.1. The smallest absolute Gasteiger partial charge is 0.342 e. The van der Waals surface area contributed by atoms with Crippen LogP contribution in [-0.4, -0.2) is 27.2 Å². The third kappa shape index (κ3) is 5.47. The van der Waals surface area contributed by atoms with Crippen LogP contribution >= 0.6 is 0 Å². The number of phenols is 1. The first-order valence-corrected chi connectivity index (χ1v) is 10.8. The van der Waals surface area contributed by atoms with E-state index in [9.17, 15) is 13.5 Å². The summed E-state index contributed by atoms with van der Waals surface area (Å²) in [6, 6.07) is 17.8. The molecule has 0 heterocycles. The van der Waals surface area contributed by atoms with E-state index in [1.807, 2.05) is 6.07 Å². The van der Waals surface area contributed by atoms with E-state index in [0.29, 0.717) is 12.2 Å². The molecule has 0 fully saturated rings. The lowest BCUT2D eigenvalue weighted by molar-refractivity contribution is 0.320. The molecule has 160 valence electrons. The van der Waals surface area contributed by atoms with Gasteiger partial charge < -0.3 is 18.8 Å². The molecule has 0 bridgehead atoms. The van der Waals surface area contributed by atoms with E-state index >= 15 is 0 Å². The van der Waals surface area contributed by atoms with Crippen molar-refractivity contribution in [3.63, 3.8) is 0 Å². The number of aryl methyl sites for hydroxylation is 1. The summed E-state index contributed by atoms with van der Waals surface area (Å²) < 4.78 is 41.6. The van der Waals surface area contributed by atoms with Gasteiger partial charge >= 0.3 is 10.1 Å². The molecule has 3 aromatic carbocycles. The number of methoxy groups -OCH3 is 1. The van der Waals surface area contributed by atoms with E-state index in [-0.39, 0.29) is 34.3 Å². The van der Waals surface area contributed by atoms with Gasteiger partial charge in [0.05, 0.1) is 19.3 Å². The number of benzene rings is 3. The van der Waals surface area contributed by atoms with Gasteiger partial charge in [-0.05, 0) is 54.4 Å². The van der Waals surface area contributed by atoms with Crippen molar-refractivity contribution in [2.45, 2.75) is 18.2 Å². The number of hydrogen-bond acceptors (Lipinski definition) is 7. The summed E-state index contributed by atoms with van der Waals surface area (Å²) in [4.78, 5) is -0.0538. The fraction of sp³-hybridized carbons (Fsp3) is 0.174. The number of ether oxygens (including phenoxy) is 2. The Hall–Kier alpha value is -3.70. The highest BCUT2D eigenvalue weighted by molar-refractivity contribution is 7.87. The second kappa shape index (κ2) is 9.41. The fourth-order valence-electron chi connectivity index (χ4n) is 2.88. The lowest BCUT2D eigenvalue weighted by Crippen LogP contribution is -2.11. The van der Waals surface area contributed by atoms with Crippen LogP contribution in [0.4, 0.5) is 0 Å². The van der Waals surface area contributed by atoms with Gasteiger partial charge in [0.25, 0.3) is 0 Å². The minimum atomic E-state index is -4.10. The molecular formula is C23H21NO6S. The third-order valence-electron chi connectivity index (χ3n) is 4.44. The zero-order chi connectivity index (χ0) is 22.4. The molecule has 3 rings (SSSR count). The predicted octanol–water partition coefficient (Wildman–Crippen LogP) is 3.97. The van der Waals surface area contributed by atoms with Gasteiger partial charge in [-0.15, -0.1) is 0 Å². The number of phenolic OH excluding ortho intramolecular Hbond substituents is 1. The molecule has 31 heavy (non-hydrogen) atoms. The molecule has 0 aromatic heterocycles. The van der Waals surface area contributed by atoms with Crippen molar-refractivity contribution in [3.05, 3.63) is 77.4 Å². The monoisotopic (exact) mass is 439 g/mol. The summed E-state index contributed by atoms with van der Waals surface area (Å²) in [6.07, 6.45) is 0.489. The number of nitrogens with zero attached hydrogens (tertiary/aromatic N) is 1. The predicted molar refractivity (Wildman–Crippen MR) is 114 cm³/mol. The normalized spacial score (nSPS) is 10.9. The van der Waals surface area contributed by atoms with Crippen molar-refractivity contribution in [1.29, 1.82) is 5.26 Å². The summed E-state index contributed by atoms with van der Waals surface area (Å²) in [5, 5.41) is 18.6. The Labute approximate surface area is 181 Å². The zero-order valence-corrected chi connectivity index (χ0v) is 17.8. The Kier molecular flexibility index (Phi) is 6.68. The van der Waals surface area contributed by atoms with Crippen LogP contribution in [0.15, 0.2) is 65.6 Å². The summed E-state index contributed by atoms with van der Waals surface area (Å²) in [5.41, 5.74) is 1.77. The van der Waals surface area contributed by atoms with Crippen LogP contribution < -0.4 is 13.7 Å². The van der Waals surface area contributed by atoms with Gasteiger partial charge in [0.15, 0.2) is 0 Å². The van der Waals surface area contributed by atoms with Gasteiger partial charge in [-0.2, -0.15) is 13.7 Å². The Morgan fingerprint density at radius 3 is 2.52 bits per heavy atom. The second-order valence-corrected chi connectivity index (χ2v) is 8.24. The Bertz CT molecular complexity index is 1230. The van der Waals surface area contributed by atoms with E-state index in [2.05, 4.69) is 0 Å². The van der Waals surface area contributed by atoms with Crippen molar-refractivity contribution < 1.29 is 27.2 Å². The van der Waals surface area contributed by atoms with Crippen molar-refractivity contribution in [3.8, 4) is 29.1 Å². The molecule has 0 aliphatic carbocycles. The maximum atomic E-state index is 12.7. The molecule has 3 aromatic rings. The fourth-order valence-corrected chi connectivity index (χ4v) is 4.06. The maximum absolute atomic E-state index is 12.7. The maximum Gasteiger partial charge on any atom is 0.342 e. The number of aromatic hydroxyl groups is 1. The van der Waals surface area contributed by atoms with Gasteiger partial charge in [-0.1, -0.05) is 18.2 Å². The number of hydrogen-bond donors (Lipinski definition) is 1. The van der Waals surface area contributed by atoms with Gasteiger partial charge in [0.2, 0.25) is 0 Å². The van der Waals surface area contributed by atoms with Crippen molar-refractivity contribution in [2.75, 3.05) is 13.7 Å². The van der Waals surface area contributed by atoms with E-state index < -0.39 is 10.1 Å². The van der Waals surface area contributed by atoms with Crippen molar-refractivity contribution >= 4 is 10.1 Å². The van der Waals surface area contributed by atoms with Crippen LogP contribution in [0, 0.1) is 18.3 Å². The molecule has 0 radical (unpaired) electrons. The Morgan fingerprint density at radius 2 is 1.81 bits per heavy atom. The number of rotatable bonds is 8. The number of nitriles is 1. The van der Waals surface area contributed by atoms with Crippen LogP contribution in [0.2, 0.25) is 0 Å². The van der Waals surface area contributed by atoms with Gasteiger partial charge in [-0.25, -0.2) is 0 Å². The first-order chi connectivity index (χ1) is 14.8. The lowest BCUT2D eigenvalue weighted by Gasteiger charge is -2.12. The molecule has 0 atom stereocenters. The molecule has 0 aliphatic rings. The first-order valence-electron chi connectivity index (χ1n) is 9.36. The molecule has 0 unspecified atom stereocenters.